The van der Waals surface area contributed by atoms with Crippen LogP contribution in [0.3, 0.4) is 0 Å². The molecular formula is C22H20N2O3. The van der Waals surface area contributed by atoms with Crippen LogP contribution in [0.4, 0.5) is 5.69 Å². The number of benzene rings is 2. The van der Waals surface area contributed by atoms with Gasteiger partial charge in [0.05, 0.1) is 5.92 Å². The van der Waals surface area contributed by atoms with Crippen LogP contribution in [0.15, 0.2) is 54.7 Å². The quantitative estimate of drug-likeness (QED) is 0.526. The predicted molar refractivity (Wildman–Crippen MR) is 104 cm³/mol. The third kappa shape index (κ3) is 3.16. The molecule has 0 saturated carbocycles. The number of hydrogen-bond donors (Lipinski definition) is 0. The highest BCUT2D eigenvalue weighted by Gasteiger charge is 2.37. The number of nitrogens with zero attached hydrogens (tertiary/aromatic N) is 2. The van der Waals surface area contributed by atoms with E-state index in [0.29, 0.717) is 17.8 Å². The maximum absolute atomic E-state index is 12.7. The second-order valence-corrected chi connectivity index (χ2v) is 6.88. The molecule has 0 spiro atoms. The Morgan fingerprint density at radius 1 is 1.11 bits per heavy atom. The van der Waals surface area contributed by atoms with Gasteiger partial charge < -0.3 is 9.64 Å². The third-order valence-electron chi connectivity index (χ3n) is 5.13. The van der Waals surface area contributed by atoms with Crippen molar-refractivity contribution >= 4 is 28.5 Å². The molecule has 27 heavy (non-hydrogen) atoms. The van der Waals surface area contributed by atoms with Crippen molar-refractivity contribution in [3.63, 3.8) is 0 Å². The van der Waals surface area contributed by atoms with E-state index in [2.05, 4.69) is 4.98 Å². The highest BCUT2D eigenvalue weighted by atomic mass is 16.5. The van der Waals surface area contributed by atoms with Crippen LogP contribution in [0.25, 0.3) is 10.9 Å². The van der Waals surface area contributed by atoms with Crippen LogP contribution in [0, 0.1) is 19.8 Å². The number of pyridine rings is 1. The summed E-state index contributed by atoms with van der Waals surface area (Å²) >= 11 is 0. The number of para-hydroxylation sites is 1. The van der Waals surface area contributed by atoms with Gasteiger partial charge >= 0.3 is 5.97 Å². The van der Waals surface area contributed by atoms with E-state index in [0.717, 1.165) is 22.2 Å². The molecule has 136 valence electrons. The summed E-state index contributed by atoms with van der Waals surface area (Å²) < 4.78 is 5.62. The zero-order valence-corrected chi connectivity index (χ0v) is 15.3. The summed E-state index contributed by atoms with van der Waals surface area (Å²) in [5.41, 5.74) is 3.68. The lowest BCUT2D eigenvalue weighted by Crippen LogP contribution is -2.28. The van der Waals surface area contributed by atoms with Crippen LogP contribution < -0.4 is 9.64 Å². The molecule has 2 aromatic carbocycles. The van der Waals surface area contributed by atoms with Gasteiger partial charge in [-0.15, -0.1) is 0 Å². The first-order valence-corrected chi connectivity index (χ1v) is 8.96. The zero-order chi connectivity index (χ0) is 19.0. The smallest absolute Gasteiger partial charge is 0.316 e. The van der Waals surface area contributed by atoms with Crippen molar-refractivity contribution in [2.45, 2.75) is 20.3 Å². The van der Waals surface area contributed by atoms with Gasteiger partial charge in [0, 0.05) is 30.2 Å². The molecule has 1 amide bonds. The minimum atomic E-state index is -0.489. The van der Waals surface area contributed by atoms with E-state index >= 15 is 0 Å². The molecule has 0 N–H and O–H groups in total. The summed E-state index contributed by atoms with van der Waals surface area (Å²) in [6.07, 6.45) is 1.82. The van der Waals surface area contributed by atoms with E-state index in [1.54, 1.807) is 17.2 Å². The van der Waals surface area contributed by atoms with Crippen molar-refractivity contribution in [1.82, 2.24) is 4.98 Å². The molecule has 2 heterocycles. The van der Waals surface area contributed by atoms with E-state index in [1.165, 1.54) is 0 Å². The lowest BCUT2D eigenvalue weighted by atomic mass is 10.1. The molecule has 3 aromatic rings. The Bertz CT molecular complexity index is 1040. The predicted octanol–water partition coefficient (Wildman–Crippen LogP) is 3.81. The molecule has 0 unspecified atom stereocenters. The number of hydrogen-bond acceptors (Lipinski definition) is 4. The summed E-state index contributed by atoms with van der Waals surface area (Å²) in [6.45, 7) is 4.34. The first kappa shape index (κ1) is 17.2. The summed E-state index contributed by atoms with van der Waals surface area (Å²) in [4.78, 5) is 31.2. The monoisotopic (exact) mass is 360 g/mol. The SMILES string of the molecule is Cc1cccc(N2C[C@H](C(=O)Oc3cccc4cccnc34)CC2=O)c1C. The number of anilines is 1. The van der Waals surface area contributed by atoms with Gasteiger partial charge in [0.25, 0.3) is 0 Å². The molecular weight excluding hydrogens is 340 g/mol. The Kier molecular flexibility index (Phi) is 4.36. The van der Waals surface area contributed by atoms with Gasteiger partial charge in [-0.05, 0) is 43.2 Å². The lowest BCUT2D eigenvalue weighted by molar-refractivity contribution is -0.139. The minimum Gasteiger partial charge on any atom is -0.424 e. The number of ether oxygens (including phenoxy) is 1. The van der Waals surface area contributed by atoms with E-state index in [-0.39, 0.29) is 12.3 Å². The molecule has 1 saturated heterocycles. The second kappa shape index (κ2) is 6.83. The Morgan fingerprint density at radius 2 is 1.89 bits per heavy atom. The largest absolute Gasteiger partial charge is 0.424 e. The van der Waals surface area contributed by atoms with Crippen LogP contribution >= 0.6 is 0 Å². The third-order valence-corrected chi connectivity index (χ3v) is 5.13. The molecule has 5 nitrogen and oxygen atoms in total. The Labute approximate surface area is 157 Å². The fourth-order valence-corrected chi connectivity index (χ4v) is 3.48. The Hall–Kier alpha value is -3.21. The van der Waals surface area contributed by atoms with E-state index in [1.807, 2.05) is 56.3 Å². The van der Waals surface area contributed by atoms with Crippen molar-refractivity contribution in [2.24, 2.45) is 5.92 Å². The average molecular weight is 360 g/mol. The molecule has 0 aliphatic carbocycles. The average Bonchev–Trinajstić information content (AvgIpc) is 3.06. The normalized spacial score (nSPS) is 16.7. The fourth-order valence-electron chi connectivity index (χ4n) is 3.48. The summed E-state index contributed by atoms with van der Waals surface area (Å²) in [7, 11) is 0. The van der Waals surface area contributed by atoms with Gasteiger partial charge in [-0.25, -0.2) is 0 Å². The topological polar surface area (TPSA) is 59.5 Å². The Morgan fingerprint density at radius 3 is 2.74 bits per heavy atom. The summed E-state index contributed by atoms with van der Waals surface area (Å²) in [6, 6.07) is 15.1. The zero-order valence-electron chi connectivity index (χ0n) is 15.3. The highest BCUT2D eigenvalue weighted by molar-refractivity contribution is 6.00. The number of aryl methyl sites for hydroxylation is 1. The number of rotatable bonds is 3. The Balaban J connectivity index is 1.55. The molecule has 1 aromatic heterocycles. The van der Waals surface area contributed by atoms with Crippen molar-refractivity contribution in [2.75, 3.05) is 11.4 Å². The van der Waals surface area contributed by atoms with Crippen molar-refractivity contribution in [1.29, 1.82) is 0 Å². The molecule has 1 aliphatic heterocycles. The lowest BCUT2D eigenvalue weighted by Gasteiger charge is -2.20. The van der Waals surface area contributed by atoms with Crippen LogP contribution in [-0.2, 0) is 9.59 Å². The molecule has 0 bridgehead atoms. The van der Waals surface area contributed by atoms with Crippen LogP contribution in [-0.4, -0.2) is 23.4 Å². The number of carbonyl (C=O) groups excluding carboxylic acids is 2. The van der Waals surface area contributed by atoms with Crippen molar-refractivity contribution in [3.05, 3.63) is 65.9 Å². The second-order valence-electron chi connectivity index (χ2n) is 6.88. The van der Waals surface area contributed by atoms with Crippen LogP contribution in [0.5, 0.6) is 5.75 Å². The summed E-state index contributed by atoms with van der Waals surface area (Å²) in [5.74, 6) is -0.511. The van der Waals surface area contributed by atoms with Gasteiger partial charge in [-0.1, -0.05) is 30.3 Å². The van der Waals surface area contributed by atoms with E-state index in [4.69, 9.17) is 4.74 Å². The van der Waals surface area contributed by atoms with Crippen molar-refractivity contribution in [3.8, 4) is 5.75 Å². The first-order chi connectivity index (χ1) is 13.0. The van der Waals surface area contributed by atoms with Crippen LogP contribution in [0.1, 0.15) is 17.5 Å². The molecule has 1 atom stereocenters. The number of amides is 1. The van der Waals surface area contributed by atoms with Gasteiger partial charge in [0.2, 0.25) is 5.91 Å². The first-order valence-electron chi connectivity index (χ1n) is 8.96. The summed E-state index contributed by atoms with van der Waals surface area (Å²) in [5, 5.41) is 0.905. The number of esters is 1. The number of aromatic nitrogens is 1. The minimum absolute atomic E-state index is 0.0540. The number of fused-ring (bicyclic) bond motifs is 1. The molecule has 0 radical (unpaired) electrons. The highest BCUT2D eigenvalue weighted by Crippen LogP contribution is 2.31. The molecule has 5 heteroatoms. The number of carbonyl (C=O) groups is 2. The van der Waals surface area contributed by atoms with Gasteiger partial charge in [-0.3, -0.25) is 14.6 Å². The molecule has 1 fully saturated rings. The van der Waals surface area contributed by atoms with Gasteiger partial charge in [-0.2, -0.15) is 0 Å². The maximum atomic E-state index is 12.7. The van der Waals surface area contributed by atoms with Gasteiger partial charge in [0.15, 0.2) is 5.75 Å². The molecule has 4 rings (SSSR count). The fraction of sp³-hybridized carbons (Fsp3) is 0.227. The van der Waals surface area contributed by atoms with Crippen LogP contribution in [0.2, 0.25) is 0 Å². The van der Waals surface area contributed by atoms with E-state index < -0.39 is 11.9 Å². The van der Waals surface area contributed by atoms with Crippen molar-refractivity contribution < 1.29 is 14.3 Å². The van der Waals surface area contributed by atoms with E-state index in [9.17, 15) is 9.59 Å². The maximum Gasteiger partial charge on any atom is 0.316 e. The standard InChI is InChI=1S/C22H20N2O3/c1-14-6-3-9-18(15(14)2)24-13-17(12-20(24)25)22(26)27-19-10-4-7-16-8-5-11-23-21(16)19/h3-11,17H,12-13H2,1-2H3/t17-/m1/s1. The van der Waals surface area contributed by atoms with Gasteiger partial charge in [0.1, 0.15) is 5.52 Å². The molecule has 1 aliphatic rings.